The van der Waals surface area contributed by atoms with Gasteiger partial charge in [-0.15, -0.1) is 0 Å². The van der Waals surface area contributed by atoms with Gasteiger partial charge in [-0.3, -0.25) is 9.59 Å². The third-order valence-electron chi connectivity index (χ3n) is 4.52. The van der Waals surface area contributed by atoms with Crippen LogP contribution in [-0.4, -0.2) is 21.6 Å². The second-order valence-electron chi connectivity index (χ2n) is 6.40. The zero-order chi connectivity index (χ0) is 19.0. The van der Waals surface area contributed by atoms with Crippen LogP contribution in [0.15, 0.2) is 54.6 Å². The van der Waals surface area contributed by atoms with Crippen LogP contribution in [0, 0.1) is 12.7 Å². The molecule has 3 aromatic rings. The van der Waals surface area contributed by atoms with Crippen LogP contribution in [0.25, 0.3) is 11.3 Å². The third kappa shape index (κ3) is 3.19. The van der Waals surface area contributed by atoms with Gasteiger partial charge in [-0.1, -0.05) is 36.4 Å². The van der Waals surface area contributed by atoms with Gasteiger partial charge >= 0.3 is 0 Å². The maximum atomic E-state index is 13.4. The van der Waals surface area contributed by atoms with Crippen molar-refractivity contribution in [3.63, 3.8) is 0 Å². The number of rotatable bonds is 3. The lowest BCUT2D eigenvalue weighted by Gasteiger charge is -2.24. The molecule has 2 heterocycles. The highest BCUT2D eigenvalue weighted by molar-refractivity contribution is 6.02. The predicted molar refractivity (Wildman–Crippen MR) is 99.7 cm³/mol. The van der Waals surface area contributed by atoms with E-state index in [4.69, 9.17) is 0 Å². The quantitative estimate of drug-likeness (QED) is 0.747. The van der Waals surface area contributed by atoms with Crippen LogP contribution >= 0.6 is 0 Å². The highest BCUT2D eigenvalue weighted by Gasteiger charge is 2.34. The number of hydrogen-bond acceptors (Lipinski definition) is 3. The van der Waals surface area contributed by atoms with Crippen molar-refractivity contribution in [2.75, 3.05) is 10.6 Å². The summed E-state index contributed by atoms with van der Waals surface area (Å²) < 4.78 is 14.9. The van der Waals surface area contributed by atoms with Crippen molar-refractivity contribution in [1.82, 2.24) is 9.78 Å². The number of benzene rings is 2. The van der Waals surface area contributed by atoms with Crippen molar-refractivity contribution in [3.05, 3.63) is 66.0 Å². The molecule has 0 aliphatic carbocycles. The molecule has 27 heavy (non-hydrogen) atoms. The molecular formula is C20H17FN4O2. The molecular weight excluding hydrogens is 347 g/mol. The molecule has 4 rings (SSSR count). The number of fused-ring (bicyclic) bond motifs is 1. The summed E-state index contributed by atoms with van der Waals surface area (Å²) in [5.74, 6) is -0.621. The van der Waals surface area contributed by atoms with Crippen LogP contribution in [0.3, 0.4) is 0 Å². The van der Waals surface area contributed by atoms with Crippen molar-refractivity contribution >= 4 is 23.3 Å². The summed E-state index contributed by atoms with van der Waals surface area (Å²) >= 11 is 0. The second kappa shape index (κ2) is 6.68. The lowest BCUT2D eigenvalue weighted by Crippen LogP contribution is -2.35. The number of carbonyl (C=O) groups excluding carboxylic acids is 2. The molecule has 0 bridgehead atoms. The predicted octanol–water partition coefficient (Wildman–Crippen LogP) is 3.52. The molecule has 0 spiro atoms. The van der Waals surface area contributed by atoms with Gasteiger partial charge in [-0.2, -0.15) is 5.10 Å². The van der Waals surface area contributed by atoms with E-state index in [1.54, 1.807) is 6.07 Å². The molecule has 1 aliphatic rings. The van der Waals surface area contributed by atoms with E-state index in [0.29, 0.717) is 17.2 Å². The Balaban J connectivity index is 1.70. The molecule has 1 atom stereocenters. The Morgan fingerprint density at radius 2 is 2.00 bits per heavy atom. The van der Waals surface area contributed by atoms with Crippen LogP contribution in [-0.2, 0) is 9.59 Å². The maximum absolute atomic E-state index is 13.4. The van der Waals surface area contributed by atoms with E-state index in [-0.39, 0.29) is 12.3 Å². The van der Waals surface area contributed by atoms with Crippen LogP contribution in [0.5, 0.6) is 0 Å². The average molecular weight is 364 g/mol. The van der Waals surface area contributed by atoms with Crippen molar-refractivity contribution < 1.29 is 14.0 Å². The summed E-state index contributed by atoms with van der Waals surface area (Å²) in [6.45, 7) is 1.86. The molecule has 7 heteroatoms. The van der Waals surface area contributed by atoms with Gasteiger partial charge in [-0.25, -0.2) is 9.07 Å². The van der Waals surface area contributed by atoms with Crippen molar-refractivity contribution in [2.45, 2.75) is 19.4 Å². The number of amides is 2. The van der Waals surface area contributed by atoms with E-state index in [1.807, 2.05) is 37.3 Å². The molecule has 2 aromatic carbocycles. The molecule has 0 saturated heterocycles. The van der Waals surface area contributed by atoms with E-state index in [0.717, 1.165) is 11.1 Å². The molecule has 6 nitrogen and oxygen atoms in total. The van der Waals surface area contributed by atoms with Gasteiger partial charge in [0.25, 0.3) is 0 Å². The number of halogens is 1. The minimum atomic E-state index is -0.812. The fourth-order valence-electron chi connectivity index (χ4n) is 3.20. The Labute approximate surface area is 155 Å². The molecule has 2 N–H and O–H groups in total. The number of hydrogen-bond donors (Lipinski definition) is 2. The van der Waals surface area contributed by atoms with Gasteiger partial charge in [0, 0.05) is 16.8 Å². The summed E-state index contributed by atoms with van der Waals surface area (Å²) in [5.41, 5.74) is 2.73. The molecule has 2 amide bonds. The first-order chi connectivity index (χ1) is 13.0. The number of nitrogens with zero attached hydrogens (tertiary/aromatic N) is 2. The second-order valence-corrected chi connectivity index (χ2v) is 6.40. The summed E-state index contributed by atoms with van der Waals surface area (Å²) in [5, 5.41) is 10.0. The standard InChI is InChI=1S/C20H17FN4O2/c1-12-18(13-6-3-2-4-7-13)24-25-16(11-17(26)23-19(12)25)20(27)22-15-9-5-8-14(21)10-15/h2-10,16H,11H2,1H3,(H,22,27)(H,23,26)/t16-/m1/s1. The zero-order valence-electron chi connectivity index (χ0n) is 14.6. The molecule has 136 valence electrons. The van der Waals surface area contributed by atoms with E-state index < -0.39 is 17.8 Å². The van der Waals surface area contributed by atoms with Gasteiger partial charge in [0.15, 0.2) is 0 Å². The fraction of sp³-hybridized carbons (Fsp3) is 0.150. The zero-order valence-corrected chi connectivity index (χ0v) is 14.6. The number of anilines is 2. The van der Waals surface area contributed by atoms with Crippen LogP contribution < -0.4 is 10.6 Å². The minimum Gasteiger partial charge on any atom is -0.324 e. The summed E-state index contributed by atoms with van der Waals surface area (Å²) in [6.07, 6.45) is -0.0382. The van der Waals surface area contributed by atoms with Gasteiger partial charge in [0.1, 0.15) is 17.7 Å². The van der Waals surface area contributed by atoms with Crippen molar-refractivity contribution in [3.8, 4) is 11.3 Å². The smallest absolute Gasteiger partial charge is 0.249 e. The largest absolute Gasteiger partial charge is 0.324 e. The summed E-state index contributed by atoms with van der Waals surface area (Å²) in [6, 6.07) is 14.4. The maximum Gasteiger partial charge on any atom is 0.249 e. The molecule has 0 radical (unpaired) electrons. The number of carbonyl (C=O) groups is 2. The van der Waals surface area contributed by atoms with Gasteiger partial charge < -0.3 is 10.6 Å². The monoisotopic (exact) mass is 364 g/mol. The van der Waals surface area contributed by atoms with E-state index in [1.165, 1.54) is 22.9 Å². The molecule has 0 saturated carbocycles. The van der Waals surface area contributed by atoms with E-state index in [2.05, 4.69) is 15.7 Å². The van der Waals surface area contributed by atoms with Crippen LogP contribution in [0.4, 0.5) is 15.9 Å². The Bertz CT molecular complexity index is 1030. The summed E-state index contributed by atoms with van der Waals surface area (Å²) in [7, 11) is 0. The molecule has 1 aliphatic heterocycles. The Hall–Kier alpha value is -3.48. The van der Waals surface area contributed by atoms with Crippen LogP contribution in [0.2, 0.25) is 0 Å². The summed E-state index contributed by atoms with van der Waals surface area (Å²) in [4.78, 5) is 24.9. The lowest BCUT2D eigenvalue weighted by molar-refractivity contribution is -0.125. The fourth-order valence-corrected chi connectivity index (χ4v) is 3.20. The van der Waals surface area contributed by atoms with E-state index >= 15 is 0 Å². The lowest BCUT2D eigenvalue weighted by atomic mass is 10.1. The molecule has 1 aromatic heterocycles. The highest BCUT2D eigenvalue weighted by atomic mass is 19.1. The first-order valence-corrected chi connectivity index (χ1v) is 8.54. The van der Waals surface area contributed by atoms with Crippen molar-refractivity contribution in [1.29, 1.82) is 0 Å². The molecule has 0 unspecified atom stereocenters. The molecule has 0 fully saturated rings. The average Bonchev–Trinajstić information content (AvgIpc) is 2.98. The number of nitrogens with one attached hydrogen (secondary N) is 2. The third-order valence-corrected chi connectivity index (χ3v) is 4.52. The first kappa shape index (κ1) is 17.0. The first-order valence-electron chi connectivity index (χ1n) is 8.54. The Morgan fingerprint density at radius 1 is 1.22 bits per heavy atom. The number of aromatic nitrogens is 2. The van der Waals surface area contributed by atoms with Gasteiger partial charge in [-0.05, 0) is 25.1 Å². The SMILES string of the molecule is Cc1c(-c2ccccc2)nn2c1NC(=O)C[C@@H]2C(=O)Nc1cccc(F)c1. The van der Waals surface area contributed by atoms with Gasteiger partial charge in [0.05, 0.1) is 12.1 Å². The Kier molecular flexibility index (Phi) is 4.19. The van der Waals surface area contributed by atoms with Gasteiger partial charge in [0.2, 0.25) is 11.8 Å². The van der Waals surface area contributed by atoms with E-state index in [9.17, 15) is 14.0 Å². The normalized spacial score (nSPS) is 15.8. The highest BCUT2D eigenvalue weighted by Crippen LogP contribution is 2.34. The Morgan fingerprint density at radius 3 is 2.74 bits per heavy atom. The van der Waals surface area contributed by atoms with Crippen molar-refractivity contribution in [2.24, 2.45) is 0 Å². The minimum absolute atomic E-state index is 0.0382. The van der Waals surface area contributed by atoms with Crippen LogP contribution in [0.1, 0.15) is 18.0 Å². The topological polar surface area (TPSA) is 76.0 Å².